The molecule has 0 saturated carbocycles. The number of aliphatic hydroxyl groups excluding tert-OH is 1. The van der Waals surface area contributed by atoms with E-state index in [2.05, 4.69) is 0 Å². The molecule has 3 atom stereocenters. The number of β-amino-alcohol motifs (C(OH)–C–C–N with tert-alkyl or cyclic N) is 1. The summed E-state index contributed by atoms with van der Waals surface area (Å²) in [7, 11) is 0. The zero-order valence-corrected chi connectivity index (χ0v) is 11.2. The summed E-state index contributed by atoms with van der Waals surface area (Å²) in [4.78, 5) is 25.7. The van der Waals surface area contributed by atoms with Crippen molar-refractivity contribution in [3.63, 3.8) is 0 Å². The van der Waals surface area contributed by atoms with E-state index in [9.17, 15) is 14.7 Å². The summed E-state index contributed by atoms with van der Waals surface area (Å²) in [5.74, 6) is -0.693. The van der Waals surface area contributed by atoms with Crippen molar-refractivity contribution in [3.05, 3.63) is 34.5 Å². The van der Waals surface area contributed by atoms with Gasteiger partial charge in [-0.3, -0.25) is 14.5 Å². The van der Waals surface area contributed by atoms with Crippen LogP contribution in [0.1, 0.15) is 24.5 Å². The minimum absolute atomic E-state index is 0.0708. The highest BCUT2D eigenvalue weighted by Gasteiger charge is 2.47. The Morgan fingerprint density at radius 3 is 2.42 bits per heavy atom. The van der Waals surface area contributed by atoms with Gasteiger partial charge in [0, 0.05) is 0 Å². The fourth-order valence-corrected chi connectivity index (χ4v) is 3.50. The Labute approximate surface area is 115 Å². The van der Waals surface area contributed by atoms with Crippen molar-refractivity contribution >= 4 is 23.2 Å². The number of amides is 2. The number of aliphatic hydroxyl groups is 1. The van der Waals surface area contributed by atoms with Crippen molar-refractivity contribution in [2.24, 2.45) is 11.8 Å². The van der Waals surface area contributed by atoms with Gasteiger partial charge in [0.15, 0.2) is 0 Å². The first-order chi connectivity index (χ1) is 9.18. The number of thiophene rings is 1. The smallest absolute Gasteiger partial charge is 0.233 e. The molecule has 0 radical (unpaired) electrons. The summed E-state index contributed by atoms with van der Waals surface area (Å²) in [6, 6.07) is 1.81. The SMILES string of the molecule is O=C1C2CC=CCC2C(=O)N1CC(O)c1ccsc1. The Morgan fingerprint density at radius 2 is 1.89 bits per heavy atom. The van der Waals surface area contributed by atoms with E-state index in [-0.39, 0.29) is 30.2 Å². The molecule has 3 rings (SSSR count). The third-order valence-electron chi connectivity index (χ3n) is 3.88. The van der Waals surface area contributed by atoms with Crippen molar-refractivity contribution in [1.82, 2.24) is 4.90 Å². The number of carbonyl (C=O) groups is 2. The van der Waals surface area contributed by atoms with Gasteiger partial charge >= 0.3 is 0 Å². The molecule has 1 aliphatic heterocycles. The maximum atomic E-state index is 12.2. The van der Waals surface area contributed by atoms with Crippen LogP contribution in [-0.4, -0.2) is 28.4 Å². The number of allylic oxidation sites excluding steroid dienone is 2. The summed E-state index contributed by atoms with van der Waals surface area (Å²) in [5, 5.41) is 13.8. The Morgan fingerprint density at radius 1 is 1.26 bits per heavy atom. The van der Waals surface area contributed by atoms with Crippen LogP contribution in [0.2, 0.25) is 0 Å². The van der Waals surface area contributed by atoms with E-state index in [4.69, 9.17) is 0 Å². The topological polar surface area (TPSA) is 57.6 Å². The number of fused-ring (bicyclic) bond motifs is 1. The molecule has 2 heterocycles. The first kappa shape index (κ1) is 12.6. The van der Waals surface area contributed by atoms with Gasteiger partial charge in [0.05, 0.1) is 24.5 Å². The monoisotopic (exact) mass is 277 g/mol. The lowest BCUT2D eigenvalue weighted by molar-refractivity contribution is -0.141. The molecule has 1 aromatic rings. The molecule has 3 unspecified atom stereocenters. The fourth-order valence-electron chi connectivity index (χ4n) is 2.79. The zero-order chi connectivity index (χ0) is 13.4. The molecule has 5 heteroatoms. The molecule has 19 heavy (non-hydrogen) atoms. The molecule has 0 bridgehead atoms. The van der Waals surface area contributed by atoms with Gasteiger partial charge < -0.3 is 5.11 Å². The number of hydrogen-bond acceptors (Lipinski definition) is 4. The van der Waals surface area contributed by atoms with Crippen LogP contribution in [0.4, 0.5) is 0 Å². The molecule has 1 aliphatic carbocycles. The van der Waals surface area contributed by atoms with Crippen LogP contribution >= 0.6 is 11.3 Å². The maximum absolute atomic E-state index is 12.2. The number of likely N-dealkylation sites (tertiary alicyclic amines) is 1. The third kappa shape index (κ3) is 2.13. The lowest BCUT2D eigenvalue weighted by Gasteiger charge is -2.18. The second-order valence-corrected chi connectivity index (χ2v) is 5.80. The fraction of sp³-hybridized carbons (Fsp3) is 0.429. The van der Waals surface area contributed by atoms with Crippen molar-refractivity contribution in [2.45, 2.75) is 18.9 Å². The van der Waals surface area contributed by atoms with E-state index in [1.54, 1.807) is 0 Å². The molecule has 1 saturated heterocycles. The Bertz CT molecular complexity index is 497. The average molecular weight is 277 g/mol. The van der Waals surface area contributed by atoms with Gasteiger partial charge in [0.25, 0.3) is 0 Å². The Kier molecular flexibility index (Phi) is 3.24. The second-order valence-electron chi connectivity index (χ2n) is 5.02. The second kappa shape index (κ2) is 4.90. The van der Waals surface area contributed by atoms with Crippen molar-refractivity contribution in [3.8, 4) is 0 Å². The summed E-state index contributed by atoms with van der Waals surface area (Å²) >= 11 is 1.49. The number of imide groups is 1. The minimum Gasteiger partial charge on any atom is -0.387 e. The summed E-state index contributed by atoms with van der Waals surface area (Å²) < 4.78 is 0. The predicted octanol–water partition coefficient (Wildman–Crippen LogP) is 1.73. The number of rotatable bonds is 3. The number of nitrogens with zero attached hydrogens (tertiary/aromatic N) is 1. The van der Waals surface area contributed by atoms with Crippen LogP contribution in [0.15, 0.2) is 29.0 Å². The van der Waals surface area contributed by atoms with Crippen molar-refractivity contribution < 1.29 is 14.7 Å². The van der Waals surface area contributed by atoms with E-state index in [1.807, 2.05) is 29.0 Å². The standard InChI is InChI=1S/C14H15NO3S/c16-12(9-5-6-19-8-9)7-15-13(17)10-3-1-2-4-11(10)14(15)18/h1-2,5-6,8,10-12,16H,3-4,7H2. The number of hydrogen-bond donors (Lipinski definition) is 1. The lowest BCUT2D eigenvalue weighted by atomic mass is 9.85. The van der Waals surface area contributed by atoms with Crippen LogP contribution in [-0.2, 0) is 9.59 Å². The zero-order valence-electron chi connectivity index (χ0n) is 10.4. The maximum Gasteiger partial charge on any atom is 0.233 e. The van der Waals surface area contributed by atoms with E-state index in [1.165, 1.54) is 16.2 Å². The largest absolute Gasteiger partial charge is 0.387 e. The summed E-state index contributed by atoms with van der Waals surface area (Å²) in [5.41, 5.74) is 0.763. The van der Waals surface area contributed by atoms with E-state index >= 15 is 0 Å². The van der Waals surface area contributed by atoms with Crippen LogP contribution in [0.3, 0.4) is 0 Å². The van der Waals surface area contributed by atoms with Crippen LogP contribution in [0.25, 0.3) is 0 Å². The molecule has 0 spiro atoms. The quantitative estimate of drug-likeness (QED) is 0.676. The average Bonchev–Trinajstić information content (AvgIpc) is 3.03. The lowest BCUT2D eigenvalue weighted by Crippen LogP contribution is -2.34. The normalized spacial score (nSPS) is 27.7. The third-order valence-corrected chi connectivity index (χ3v) is 4.58. The van der Waals surface area contributed by atoms with Crippen LogP contribution in [0, 0.1) is 11.8 Å². The minimum atomic E-state index is -0.785. The van der Waals surface area contributed by atoms with Crippen molar-refractivity contribution in [2.75, 3.05) is 6.54 Å². The molecule has 1 fully saturated rings. The van der Waals surface area contributed by atoms with Gasteiger partial charge in [-0.25, -0.2) is 0 Å². The Hall–Kier alpha value is -1.46. The molecule has 1 aromatic heterocycles. The predicted molar refractivity (Wildman–Crippen MR) is 71.4 cm³/mol. The van der Waals surface area contributed by atoms with Gasteiger partial charge in [-0.1, -0.05) is 12.2 Å². The molecule has 0 aromatic carbocycles. The highest BCUT2D eigenvalue weighted by atomic mass is 32.1. The van der Waals surface area contributed by atoms with Crippen LogP contribution in [0.5, 0.6) is 0 Å². The summed E-state index contributed by atoms with van der Waals surface area (Å²) in [6.45, 7) is 0.0708. The van der Waals surface area contributed by atoms with Crippen LogP contribution < -0.4 is 0 Å². The molecule has 100 valence electrons. The van der Waals surface area contributed by atoms with E-state index in [0.717, 1.165) is 5.56 Å². The van der Waals surface area contributed by atoms with Gasteiger partial charge in [0.2, 0.25) is 11.8 Å². The first-order valence-electron chi connectivity index (χ1n) is 6.39. The van der Waals surface area contributed by atoms with Gasteiger partial charge in [-0.15, -0.1) is 0 Å². The molecule has 2 amide bonds. The number of carbonyl (C=O) groups excluding carboxylic acids is 2. The highest BCUT2D eigenvalue weighted by Crippen LogP contribution is 2.35. The molecular weight excluding hydrogens is 262 g/mol. The molecule has 1 N–H and O–H groups in total. The van der Waals surface area contributed by atoms with Gasteiger partial charge in [-0.05, 0) is 35.2 Å². The molecular formula is C14H15NO3S. The van der Waals surface area contributed by atoms with Crippen molar-refractivity contribution in [1.29, 1.82) is 0 Å². The van der Waals surface area contributed by atoms with Gasteiger partial charge in [0.1, 0.15) is 0 Å². The highest BCUT2D eigenvalue weighted by molar-refractivity contribution is 7.07. The van der Waals surface area contributed by atoms with Gasteiger partial charge in [-0.2, -0.15) is 11.3 Å². The Balaban J connectivity index is 1.75. The first-order valence-corrected chi connectivity index (χ1v) is 7.33. The summed E-state index contributed by atoms with van der Waals surface area (Å²) in [6.07, 6.45) is 4.42. The molecule has 2 aliphatic rings. The van der Waals surface area contributed by atoms with E-state index < -0.39 is 6.10 Å². The molecule has 4 nitrogen and oxygen atoms in total. The van der Waals surface area contributed by atoms with E-state index in [0.29, 0.717) is 12.8 Å².